The molecule has 1 aliphatic heterocycles. The Morgan fingerprint density at radius 2 is 2.13 bits per heavy atom. The summed E-state index contributed by atoms with van der Waals surface area (Å²) in [5, 5.41) is 0. The third-order valence-electron chi connectivity index (χ3n) is 3.21. The molecule has 1 heterocycles. The van der Waals surface area contributed by atoms with Crippen LogP contribution in [0.1, 0.15) is 21.8 Å². The average Bonchev–Trinajstić information content (AvgIpc) is 2.97. The molecule has 128 valence electrons. The van der Waals surface area contributed by atoms with E-state index in [4.69, 9.17) is 10.6 Å². The standard InChI is InChI=1S/C12H14F3N3O4S/c13-12(14,15)6-18-23(20,21)9-3-1-2-8(11(16)19)10(9)7-4-17-22-5-7/h1-3,7,17-18H,4-6H2,(H2,16,19). The maximum Gasteiger partial charge on any atom is 0.402 e. The van der Waals surface area contributed by atoms with Crippen LogP contribution in [-0.2, 0) is 14.9 Å². The Morgan fingerprint density at radius 1 is 1.43 bits per heavy atom. The third kappa shape index (κ3) is 4.19. The number of alkyl halides is 3. The third-order valence-corrected chi connectivity index (χ3v) is 4.67. The predicted molar refractivity (Wildman–Crippen MR) is 72.9 cm³/mol. The second-order valence-electron chi connectivity index (χ2n) is 4.88. The van der Waals surface area contributed by atoms with Crippen LogP contribution in [0.4, 0.5) is 13.2 Å². The van der Waals surface area contributed by atoms with Crippen molar-refractivity contribution in [3.8, 4) is 0 Å². The minimum absolute atomic E-state index is 0.0414. The van der Waals surface area contributed by atoms with E-state index in [2.05, 4.69) is 5.48 Å². The van der Waals surface area contributed by atoms with Gasteiger partial charge in [-0.25, -0.2) is 18.6 Å². The topological polar surface area (TPSA) is 111 Å². The Balaban J connectivity index is 2.48. The van der Waals surface area contributed by atoms with Gasteiger partial charge in [0.05, 0.1) is 11.5 Å². The van der Waals surface area contributed by atoms with Gasteiger partial charge in [-0.05, 0) is 17.7 Å². The van der Waals surface area contributed by atoms with Crippen molar-refractivity contribution < 1.29 is 31.2 Å². The smallest absolute Gasteiger partial charge is 0.366 e. The van der Waals surface area contributed by atoms with E-state index in [1.165, 1.54) is 16.9 Å². The lowest BCUT2D eigenvalue weighted by Gasteiger charge is -2.18. The number of sulfonamides is 1. The Morgan fingerprint density at radius 3 is 2.65 bits per heavy atom. The van der Waals surface area contributed by atoms with Crippen molar-refractivity contribution in [2.45, 2.75) is 17.0 Å². The molecule has 1 saturated heterocycles. The summed E-state index contributed by atoms with van der Waals surface area (Å²) >= 11 is 0. The Bertz CT molecular complexity index is 700. The number of nitrogens with two attached hydrogens (primary N) is 1. The second kappa shape index (κ2) is 6.43. The lowest BCUT2D eigenvalue weighted by Crippen LogP contribution is -2.35. The zero-order valence-electron chi connectivity index (χ0n) is 11.7. The zero-order valence-corrected chi connectivity index (χ0v) is 12.5. The predicted octanol–water partition coefficient (Wildman–Crippen LogP) is 0.244. The summed E-state index contributed by atoms with van der Waals surface area (Å²) in [7, 11) is -4.48. The molecular formula is C12H14F3N3O4S. The highest BCUT2D eigenvalue weighted by Gasteiger charge is 2.34. The monoisotopic (exact) mass is 353 g/mol. The van der Waals surface area contributed by atoms with E-state index in [0.29, 0.717) is 0 Å². The van der Waals surface area contributed by atoms with Crippen LogP contribution in [0.25, 0.3) is 0 Å². The largest absolute Gasteiger partial charge is 0.402 e. The van der Waals surface area contributed by atoms with E-state index < -0.39 is 39.5 Å². The lowest BCUT2D eigenvalue weighted by atomic mass is 9.95. The number of nitrogens with one attached hydrogen (secondary N) is 2. The normalized spacial score (nSPS) is 19.0. The Kier molecular flexibility index (Phi) is 4.94. The van der Waals surface area contributed by atoms with Gasteiger partial charge in [0.2, 0.25) is 15.9 Å². The number of hydroxylamine groups is 1. The van der Waals surface area contributed by atoms with Crippen molar-refractivity contribution in [3.63, 3.8) is 0 Å². The molecule has 1 aliphatic rings. The van der Waals surface area contributed by atoms with Crippen LogP contribution >= 0.6 is 0 Å². The number of primary amides is 1. The summed E-state index contributed by atoms with van der Waals surface area (Å²) in [4.78, 5) is 16.1. The summed E-state index contributed by atoms with van der Waals surface area (Å²) in [6, 6.07) is 3.69. The second-order valence-corrected chi connectivity index (χ2v) is 6.61. The maximum atomic E-state index is 12.3. The van der Waals surface area contributed by atoms with Crippen LogP contribution < -0.4 is 15.9 Å². The molecule has 0 aromatic heterocycles. The van der Waals surface area contributed by atoms with Crippen LogP contribution in [0.3, 0.4) is 0 Å². The zero-order chi connectivity index (χ0) is 17.3. The van der Waals surface area contributed by atoms with E-state index in [-0.39, 0.29) is 24.3 Å². The summed E-state index contributed by atoms with van der Waals surface area (Å²) < 4.78 is 62.7. The van der Waals surface area contributed by atoms with Gasteiger partial charge in [-0.3, -0.25) is 4.79 Å². The molecule has 1 unspecified atom stereocenters. The van der Waals surface area contributed by atoms with Crippen molar-refractivity contribution in [2.24, 2.45) is 5.73 Å². The molecule has 23 heavy (non-hydrogen) atoms. The fourth-order valence-corrected chi connectivity index (χ4v) is 3.57. The lowest BCUT2D eigenvalue weighted by molar-refractivity contribution is -0.121. The molecule has 0 saturated carbocycles. The van der Waals surface area contributed by atoms with Gasteiger partial charge < -0.3 is 10.6 Å². The molecule has 11 heteroatoms. The van der Waals surface area contributed by atoms with Gasteiger partial charge in [-0.2, -0.15) is 13.2 Å². The SMILES string of the molecule is NC(=O)c1cccc(S(=O)(=O)NCC(F)(F)F)c1C1CNOC1. The summed E-state index contributed by atoms with van der Waals surface area (Å²) in [5.74, 6) is -1.41. The molecule has 1 aromatic carbocycles. The van der Waals surface area contributed by atoms with Gasteiger partial charge in [0.25, 0.3) is 0 Å². The van der Waals surface area contributed by atoms with Crippen LogP contribution in [0.2, 0.25) is 0 Å². The highest BCUT2D eigenvalue weighted by molar-refractivity contribution is 7.89. The highest BCUT2D eigenvalue weighted by Crippen LogP contribution is 2.30. The molecule has 2 rings (SSSR count). The van der Waals surface area contributed by atoms with Gasteiger partial charge in [0.15, 0.2) is 0 Å². The molecule has 0 spiro atoms. The molecule has 1 fully saturated rings. The molecule has 1 aromatic rings. The quantitative estimate of drug-likeness (QED) is 0.703. The van der Waals surface area contributed by atoms with Gasteiger partial charge in [-0.15, -0.1) is 0 Å². The molecule has 1 atom stereocenters. The minimum atomic E-state index is -4.70. The van der Waals surface area contributed by atoms with Crippen molar-refractivity contribution in [3.05, 3.63) is 29.3 Å². The Labute approximate surface area is 130 Å². The van der Waals surface area contributed by atoms with Crippen molar-refractivity contribution in [1.29, 1.82) is 0 Å². The molecule has 4 N–H and O–H groups in total. The first-order valence-corrected chi connectivity index (χ1v) is 7.94. The average molecular weight is 353 g/mol. The molecule has 0 aliphatic carbocycles. The van der Waals surface area contributed by atoms with Crippen LogP contribution in [0, 0.1) is 0 Å². The fraction of sp³-hybridized carbons (Fsp3) is 0.417. The number of rotatable bonds is 5. The number of hydrogen-bond acceptors (Lipinski definition) is 5. The first-order chi connectivity index (χ1) is 10.6. The number of halogens is 3. The van der Waals surface area contributed by atoms with E-state index in [0.717, 1.165) is 6.07 Å². The minimum Gasteiger partial charge on any atom is -0.366 e. The molecule has 1 amide bonds. The van der Waals surface area contributed by atoms with Crippen molar-refractivity contribution in [2.75, 3.05) is 19.7 Å². The van der Waals surface area contributed by atoms with E-state index in [1.54, 1.807) is 0 Å². The first kappa shape index (κ1) is 17.7. The van der Waals surface area contributed by atoms with Gasteiger partial charge >= 0.3 is 6.18 Å². The highest BCUT2D eigenvalue weighted by atomic mass is 32.2. The number of carbonyl (C=O) groups excluding carboxylic acids is 1. The van der Waals surface area contributed by atoms with Crippen LogP contribution in [0.5, 0.6) is 0 Å². The van der Waals surface area contributed by atoms with E-state index >= 15 is 0 Å². The molecule has 7 nitrogen and oxygen atoms in total. The number of hydrogen-bond donors (Lipinski definition) is 3. The van der Waals surface area contributed by atoms with Gasteiger partial charge in [0, 0.05) is 18.0 Å². The van der Waals surface area contributed by atoms with E-state index in [1.807, 2.05) is 0 Å². The summed E-state index contributed by atoms with van der Waals surface area (Å²) in [6.07, 6.45) is -4.70. The molecule has 0 bridgehead atoms. The summed E-state index contributed by atoms with van der Waals surface area (Å²) in [5.41, 5.74) is 7.74. The van der Waals surface area contributed by atoms with Crippen molar-refractivity contribution in [1.82, 2.24) is 10.2 Å². The maximum absolute atomic E-state index is 12.3. The van der Waals surface area contributed by atoms with Gasteiger partial charge in [-0.1, -0.05) is 6.07 Å². The van der Waals surface area contributed by atoms with Gasteiger partial charge in [0.1, 0.15) is 6.54 Å². The molecule has 0 radical (unpaired) electrons. The van der Waals surface area contributed by atoms with Crippen molar-refractivity contribution >= 4 is 15.9 Å². The number of carbonyl (C=O) groups is 1. The van der Waals surface area contributed by atoms with E-state index in [9.17, 15) is 26.4 Å². The fourth-order valence-electron chi connectivity index (χ4n) is 2.23. The first-order valence-electron chi connectivity index (χ1n) is 6.45. The van der Waals surface area contributed by atoms with Crippen LogP contribution in [-0.4, -0.2) is 40.2 Å². The number of amides is 1. The molecular weight excluding hydrogens is 339 g/mol. The Hall–Kier alpha value is -1.69. The number of benzene rings is 1. The van der Waals surface area contributed by atoms with Crippen LogP contribution in [0.15, 0.2) is 23.1 Å². The summed E-state index contributed by atoms with van der Waals surface area (Å²) in [6.45, 7) is -1.45.